The first-order valence-electron chi connectivity index (χ1n) is 16.7. The van der Waals surface area contributed by atoms with Gasteiger partial charge in [0.25, 0.3) is 5.56 Å². The Hall–Kier alpha value is -4.99. The SMILES string of the molecule is Cc1ccn2nc(C(C)Nc3ncnc4c3c(-c3cc(NS(C)(=O)=O)cc(N(C)C)c3)cn4COCC[Si](C)(C)C)n(-c3ccccc3)c(=O)c12. The molecule has 2 aromatic carbocycles. The lowest BCUT2D eigenvalue weighted by atomic mass is 10.0. The lowest BCUT2D eigenvalue weighted by Gasteiger charge is -2.20. The average molecular weight is 728 g/mol. The van der Waals surface area contributed by atoms with E-state index in [1.165, 1.54) is 6.33 Å². The van der Waals surface area contributed by atoms with Crippen LogP contribution in [0.2, 0.25) is 25.7 Å². The highest BCUT2D eigenvalue weighted by molar-refractivity contribution is 7.92. The molecule has 0 fully saturated rings. The number of ether oxygens (including phenoxy) is 1. The summed E-state index contributed by atoms with van der Waals surface area (Å²) in [4.78, 5) is 25.4. The number of hydrogen-bond acceptors (Lipinski definition) is 9. The second-order valence-electron chi connectivity index (χ2n) is 14.3. The van der Waals surface area contributed by atoms with E-state index in [4.69, 9.17) is 19.8 Å². The minimum Gasteiger partial charge on any atom is -0.378 e. The monoisotopic (exact) mass is 727 g/mol. The van der Waals surface area contributed by atoms with Crippen molar-refractivity contribution in [1.29, 1.82) is 0 Å². The molecule has 0 aliphatic heterocycles. The van der Waals surface area contributed by atoms with E-state index in [0.717, 1.165) is 34.7 Å². The summed E-state index contributed by atoms with van der Waals surface area (Å²) in [6, 6.07) is 17.4. The van der Waals surface area contributed by atoms with Gasteiger partial charge in [-0.05, 0) is 67.4 Å². The van der Waals surface area contributed by atoms with Crippen LogP contribution in [0.15, 0.2) is 78.1 Å². The Morgan fingerprint density at radius 1 is 1.04 bits per heavy atom. The summed E-state index contributed by atoms with van der Waals surface area (Å²) in [5.74, 6) is 1.01. The van der Waals surface area contributed by atoms with Gasteiger partial charge in [0, 0.05) is 52.4 Å². The number of rotatable bonds is 13. The topological polar surface area (TPSA) is 141 Å². The van der Waals surface area contributed by atoms with Crippen molar-refractivity contribution >= 4 is 51.8 Å². The first-order chi connectivity index (χ1) is 24.1. The molecule has 0 aliphatic rings. The molecule has 2 N–H and O–H groups in total. The average Bonchev–Trinajstić information content (AvgIpc) is 3.63. The van der Waals surface area contributed by atoms with Crippen LogP contribution in [0, 0.1) is 6.92 Å². The first-order valence-corrected chi connectivity index (χ1v) is 22.3. The Morgan fingerprint density at radius 3 is 2.47 bits per heavy atom. The van der Waals surface area contributed by atoms with Crippen molar-refractivity contribution in [3.8, 4) is 16.8 Å². The lowest BCUT2D eigenvalue weighted by Crippen LogP contribution is -2.29. The second kappa shape index (κ2) is 14.0. The molecule has 0 bridgehead atoms. The molecule has 0 saturated carbocycles. The summed E-state index contributed by atoms with van der Waals surface area (Å²) in [5, 5.41) is 9.19. The van der Waals surface area contributed by atoms with Crippen molar-refractivity contribution < 1.29 is 13.2 Å². The van der Waals surface area contributed by atoms with Gasteiger partial charge in [0.2, 0.25) is 10.0 Å². The minimum absolute atomic E-state index is 0.177. The quantitative estimate of drug-likeness (QED) is 0.106. The van der Waals surface area contributed by atoms with Crippen LogP contribution in [0.4, 0.5) is 17.2 Å². The van der Waals surface area contributed by atoms with E-state index in [0.29, 0.717) is 46.2 Å². The molecule has 0 saturated heterocycles. The molecule has 0 radical (unpaired) electrons. The largest absolute Gasteiger partial charge is 0.378 e. The van der Waals surface area contributed by atoms with Gasteiger partial charge >= 0.3 is 0 Å². The Morgan fingerprint density at radius 2 is 1.78 bits per heavy atom. The fourth-order valence-corrected chi connectivity index (χ4v) is 7.30. The van der Waals surface area contributed by atoms with Gasteiger partial charge in [0.15, 0.2) is 5.82 Å². The third-order valence-corrected chi connectivity index (χ3v) is 10.9. The fourth-order valence-electron chi connectivity index (χ4n) is 6.00. The Labute approximate surface area is 299 Å². The lowest BCUT2D eigenvalue weighted by molar-refractivity contribution is 0.0899. The first kappa shape index (κ1) is 35.8. The van der Waals surface area contributed by atoms with Gasteiger partial charge in [-0.15, -0.1) is 0 Å². The zero-order chi connectivity index (χ0) is 36.7. The van der Waals surface area contributed by atoms with Crippen LogP contribution in [0.1, 0.15) is 24.4 Å². The highest BCUT2D eigenvalue weighted by Gasteiger charge is 2.24. The van der Waals surface area contributed by atoms with Crippen LogP contribution < -0.4 is 20.5 Å². The molecule has 6 aromatic rings. The highest BCUT2D eigenvalue weighted by Crippen LogP contribution is 2.38. The van der Waals surface area contributed by atoms with Crippen LogP contribution in [-0.4, -0.2) is 72.2 Å². The number of benzene rings is 2. The fraction of sp³-hybridized carbons (Fsp3) is 0.333. The Bertz CT molecular complexity index is 2380. The van der Waals surface area contributed by atoms with E-state index in [1.807, 2.05) is 86.1 Å². The van der Waals surface area contributed by atoms with Crippen LogP contribution in [0.5, 0.6) is 0 Å². The van der Waals surface area contributed by atoms with Gasteiger partial charge in [0.1, 0.15) is 30.0 Å². The normalized spacial score (nSPS) is 12.8. The van der Waals surface area contributed by atoms with Crippen molar-refractivity contribution in [2.75, 3.05) is 41.9 Å². The molecular formula is C36H45N9O4SSi. The van der Waals surface area contributed by atoms with Gasteiger partial charge in [-0.3, -0.25) is 14.1 Å². The highest BCUT2D eigenvalue weighted by atomic mass is 32.2. The Balaban J connectivity index is 1.50. The zero-order valence-corrected chi connectivity index (χ0v) is 32.1. The number of nitrogens with one attached hydrogen (secondary N) is 2. The van der Waals surface area contributed by atoms with Crippen molar-refractivity contribution in [3.05, 3.63) is 95.1 Å². The molecule has 0 amide bonds. The van der Waals surface area contributed by atoms with Crippen molar-refractivity contribution in [3.63, 3.8) is 0 Å². The van der Waals surface area contributed by atoms with Gasteiger partial charge in [-0.1, -0.05) is 37.8 Å². The number of anilines is 3. The van der Waals surface area contributed by atoms with Crippen LogP contribution in [0.3, 0.4) is 0 Å². The standard InChI is InChI=1S/C36H45N9O4SSi/c1-24-14-15-44-32(24)36(46)45(28-12-10-9-11-13-28)34(40-44)25(2)39-33-31-30(26-18-27(41-50(5,47)48)20-29(19-26)42(3)4)21-43(35(31)38-22-37-33)23-49-16-17-51(6,7)8/h9-15,18-22,25,41H,16-17,23H2,1-8H3,(H,37,38,39). The number of fused-ring (bicyclic) bond motifs is 2. The van der Waals surface area contributed by atoms with Crippen LogP contribution in [0.25, 0.3) is 33.4 Å². The molecule has 1 unspecified atom stereocenters. The molecule has 268 valence electrons. The van der Waals surface area contributed by atoms with E-state index >= 15 is 0 Å². The minimum atomic E-state index is -3.55. The molecule has 13 nitrogen and oxygen atoms in total. The number of para-hydroxylation sites is 1. The molecule has 1 atom stereocenters. The van der Waals surface area contributed by atoms with E-state index < -0.39 is 24.1 Å². The van der Waals surface area contributed by atoms with Gasteiger partial charge in [-0.2, -0.15) is 5.10 Å². The smallest absolute Gasteiger partial charge is 0.282 e. The molecule has 0 aliphatic carbocycles. The second-order valence-corrected chi connectivity index (χ2v) is 21.7. The predicted molar refractivity (Wildman–Crippen MR) is 207 cm³/mol. The summed E-state index contributed by atoms with van der Waals surface area (Å²) >= 11 is 0. The summed E-state index contributed by atoms with van der Waals surface area (Å²) in [5.41, 5.74) is 5.27. The van der Waals surface area contributed by atoms with Gasteiger partial charge in [-0.25, -0.2) is 22.9 Å². The van der Waals surface area contributed by atoms with Crippen molar-refractivity contribution in [2.45, 2.75) is 52.3 Å². The van der Waals surface area contributed by atoms with Gasteiger partial charge in [0.05, 0.1) is 29.1 Å². The van der Waals surface area contributed by atoms with E-state index in [-0.39, 0.29) is 12.3 Å². The molecular weight excluding hydrogens is 683 g/mol. The maximum absolute atomic E-state index is 14.0. The predicted octanol–water partition coefficient (Wildman–Crippen LogP) is 6.13. The number of nitrogens with zero attached hydrogens (tertiary/aromatic N) is 7. The summed E-state index contributed by atoms with van der Waals surface area (Å²) in [6.45, 7) is 11.7. The van der Waals surface area contributed by atoms with E-state index in [9.17, 15) is 13.2 Å². The summed E-state index contributed by atoms with van der Waals surface area (Å²) < 4.78 is 38.6. The molecule has 4 heterocycles. The molecule has 51 heavy (non-hydrogen) atoms. The third kappa shape index (κ3) is 7.85. The summed E-state index contributed by atoms with van der Waals surface area (Å²) in [7, 11) is -1.05. The van der Waals surface area contributed by atoms with Crippen LogP contribution in [-0.2, 0) is 21.5 Å². The zero-order valence-electron chi connectivity index (χ0n) is 30.3. The van der Waals surface area contributed by atoms with E-state index in [2.05, 4.69) is 29.7 Å². The maximum Gasteiger partial charge on any atom is 0.282 e. The van der Waals surface area contributed by atoms with Crippen LogP contribution >= 0.6 is 0 Å². The summed E-state index contributed by atoms with van der Waals surface area (Å²) in [6.07, 6.45) is 6.39. The number of aromatic nitrogens is 6. The van der Waals surface area contributed by atoms with Crippen molar-refractivity contribution in [2.24, 2.45) is 0 Å². The number of aryl methyl sites for hydroxylation is 1. The number of sulfonamides is 1. The Kier molecular flexibility index (Phi) is 9.81. The molecule has 15 heteroatoms. The van der Waals surface area contributed by atoms with Gasteiger partial charge < -0.3 is 19.5 Å². The third-order valence-electron chi connectivity index (χ3n) is 8.60. The van der Waals surface area contributed by atoms with Crippen molar-refractivity contribution in [1.82, 2.24) is 28.7 Å². The maximum atomic E-state index is 14.0. The molecule has 0 spiro atoms. The van der Waals surface area contributed by atoms with E-state index in [1.54, 1.807) is 27.4 Å². The number of hydrogen-bond donors (Lipinski definition) is 2. The molecule has 6 rings (SSSR count). The molecule has 4 aromatic heterocycles.